The van der Waals surface area contributed by atoms with Crippen molar-refractivity contribution in [3.05, 3.63) is 105 Å². The van der Waals surface area contributed by atoms with Gasteiger partial charge in [0.15, 0.2) is 0 Å². The second kappa shape index (κ2) is 8.20. The molecule has 0 spiro atoms. The highest BCUT2D eigenvalue weighted by Crippen LogP contribution is 2.42. The van der Waals surface area contributed by atoms with Gasteiger partial charge in [-0.05, 0) is 29.8 Å². The number of hydrogen-bond donors (Lipinski definition) is 1. The molecule has 1 fully saturated rings. The maximum atomic E-state index is 13.7. The number of non-ortho nitro benzene ring substituents is 1. The fraction of sp³-hybridized carbons (Fsp3) is 0.0455. The topological polar surface area (TPSA) is 114 Å². The maximum Gasteiger partial charge on any atom is 0.300 e. The van der Waals surface area contributed by atoms with Gasteiger partial charge in [-0.3, -0.25) is 29.6 Å². The second-order valence-corrected chi connectivity index (χ2v) is 7.27. The maximum absolute atomic E-state index is 13.7. The molecule has 160 valence electrons. The predicted octanol–water partition coefficient (Wildman–Crippen LogP) is 4.41. The molecule has 8 nitrogen and oxygen atoms in total. The molecule has 1 aliphatic rings. The summed E-state index contributed by atoms with van der Waals surface area (Å²) in [6, 6.07) is 10.6. The molecule has 32 heavy (non-hydrogen) atoms. The normalized spacial score (nSPS) is 17.6. The van der Waals surface area contributed by atoms with Gasteiger partial charge >= 0.3 is 0 Å². The standard InChI is InChI=1S/C22H13ClFN3O5/c23-16-10-14(6-7-17(16)24)26-19(13-4-2-8-25-11-13)18(21(29)22(26)30)20(28)12-3-1-5-15(9-12)27(31)32/h1-11,19,28H/b20-18+. The van der Waals surface area contributed by atoms with E-state index in [1.165, 1.54) is 42.7 Å². The molecule has 2 aromatic carbocycles. The number of rotatable bonds is 4. The number of benzene rings is 2. The Morgan fingerprint density at radius 3 is 2.59 bits per heavy atom. The van der Waals surface area contributed by atoms with Crippen LogP contribution in [0.4, 0.5) is 15.8 Å². The first kappa shape index (κ1) is 21.1. The SMILES string of the molecule is O=C1C(=O)N(c2ccc(F)c(Cl)c2)C(c2cccnc2)/C1=C(\O)c1cccc([N+](=O)[O-])c1. The van der Waals surface area contributed by atoms with Crippen LogP contribution in [0.1, 0.15) is 17.2 Å². The average Bonchev–Trinajstić information content (AvgIpc) is 3.06. The third-order valence-electron chi connectivity index (χ3n) is 4.96. The molecular formula is C22H13ClFN3O5. The molecule has 1 atom stereocenters. The van der Waals surface area contributed by atoms with Crippen LogP contribution in [0.25, 0.3) is 5.76 Å². The average molecular weight is 454 g/mol. The number of nitrogens with zero attached hydrogens (tertiary/aromatic N) is 3. The van der Waals surface area contributed by atoms with E-state index in [4.69, 9.17) is 11.6 Å². The van der Waals surface area contributed by atoms with E-state index in [0.717, 1.165) is 17.0 Å². The van der Waals surface area contributed by atoms with E-state index in [2.05, 4.69) is 4.98 Å². The number of carbonyl (C=O) groups is 2. The lowest BCUT2D eigenvalue weighted by molar-refractivity contribution is -0.384. The molecule has 1 N–H and O–H groups in total. The molecule has 3 aromatic rings. The van der Waals surface area contributed by atoms with Gasteiger partial charge in [0.1, 0.15) is 11.6 Å². The lowest BCUT2D eigenvalue weighted by Gasteiger charge is -2.25. The Morgan fingerprint density at radius 1 is 1.16 bits per heavy atom. The van der Waals surface area contributed by atoms with Crippen molar-refractivity contribution in [3.63, 3.8) is 0 Å². The number of carbonyl (C=O) groups excluding carboxylic acids is 2. The van der Waals surface area contributed by atoms with Crippen LogP contribution >= 0.6 is 11.6 Å². The number of ketones is 1. The number of nitro groups is 1. The van der Waals surface area contributed by atoms with Crippen molar-refractivity contribution in [2.45, 2.75) is 6.04 Å². The molecule has 1 unspecified atom stereocenters. The number of aliphatic hydroxyl groups excluding tert-OH is 1. The molecule has 1 amide bonds. The largest absolute Gasteiger partial charge is 0.507 e. The summed E-state index contributed by atoms with van der Waals surface area (Å²) in [5.41, 5.74) is -0.0803. The molecule has 1 aliphatic heterocycles. The summed E-state index contributed by atoms with van der Waals surface area (Å²) < 4.78 is 13.7. The van der Waals surface area contributed by atoms with Crippen molar-refractivity contribution in [1.82, 2.24) is 4.98 Å². The number of aliphatic hydroxyl groups is 1. The number of nitro benzene ring substituents is 1. The highest BCUT2D eigenvalue weighted by atomic mass is 35.5. The summed E-state index contributed by atoms with van der Waals surface area (Å²) in [7, 11) is 0. The van der Waals surface area contributed by atoms with Crippen molar-refractivity contribution < 1.29 is 24.0 Å². The van der Waals surface area contributed by atoms with E-state index >= 15 is 0 Å². The van der Waals surface area contributed by atoms with E-state index in [-0.39, 0.29) is 27.5 Å². The Bertz CT molecular complexity index is 1300. The fourth-order valence-corrected chi connectivity index (χ4v) is 3.68. The van der Waals surface area contributed by atoms with Gasteiger partial charge in [-0.2, -0.15) is 0 Å². The minimum absolute atomic E-state index is 0.0109. The van der Waals surface area contributed by atoms with E-state index in [1.54, 1.807) is 12.1 Å². The highest BCUT2D eigenvalue weighted by molar-refractivity contribution is 6.51. The van der Waals surface area contributed by atoms with Crippen LogP contribution in [-0.2, 0) is 9.59 Å². The van der Waals surface area contributed by atoms with Crippen LogP contribution in [0, 0.1) is 15.9 Å². The van der Waals surface area contributed by atoms with E-state index < -0.39 is 34.2 Å². The summed E-state index contributed by atoms with van der Waals surface area (Å²) in [5, 5.41) is 21.8. The lowest BCUT2D eigenvalue weighted by Crippen LogP contribution is -2.29. The summed E-state index contributed by atoms with van der Waals surface area (Å²) in [4.78, 5) is 41.5. The zero-order chi connectivity index (χ0) is 23.0. The number of pyridine rings is 1. The van der Waals surface area contributed by atoms with Crippen LogP contribution < -0.4 is 4.90 Å². The Labute approximate surface area is 185 Å². The molecule has 10 heteroatoms. The number of anilines is 1. The smallest absolute Gasteiger partial charge is 0.300 e. The van der Waals surface area contributed by atoms with Crippen LogP contribution in [0.3, 0.4) is 0 Å². The molecule has 0 bridgehead atoms. The molecule has 2 heterocycles. The van der Waals surface area contributed by atoms with Crippen molar-refractivity contribution in [2.75, 3.05) is 4.90 Å². The van der Waals surface area contributed by atoms with Gasteiger partial charge < -0.3 is 5.11 Å². The molecule has 0 aliphatic carbocycles. The first-order valence-corrected chi connectivity index (χ1v) is 9.58. The number of Topliss-reactive ketones (excluding diaryl/α,β-unsaturated/α-hetero) is 1. The summed E-state index contributed by atoms with van der Waals surface area (Å²) in [6.45, 7) is 0. The Balaban J connectivity index is 1.95. The third-order valence-corrected chi connectivity index (χ3v) is 5.25. The fourth-order valence-electron chi connectivity index (χ4n) is 3.51. The second-order valence-electron chi connectivity index (χ2n) is 6.86. The zero-order valence-corrected chi connectivity index (χ0v) is 16.9. The van der Waals surface area contributed by atoms with Gasteiger partial charge in [-0.15, -0.1) is 0 Å². The molecule has 0 saturated carbocycles. The van der Waals surface area contributed by atoms with E-state index in [9.17, 15) is 29.2 Å². The van der Waals surface area contributed by atoms with Crippen molar-refractivity contribution in [3.8, 4) is 0 Å². The van der Waals surface area contributed by atoms with Gasteiger partial charge in [0, 0.05) is 35.8 Å². The van der Waals surface area contributed by atoms with Crippen molar-refractivity contribution >= 4 is 40.4 Å². The van der Waals surface area contributed by atoms with Crippen molar-refractivity contribution in [2.24, 2.45) is 0 Å². The third kappa shape index (κ3) is 3.58. The highest BCUT2D eigenvalue weighted by Gasteiger charge is 2.47. The quantitative estimate of drug-likeness (QED) is 0.206. The molecule has 1 saturated heterocycles. The Kier molecular flexibility index (Phi) is 5.41. The summed E-state index contributed by atoms with van der Waals surface area (Å²) >= 11 is 5.88. The van der Waals surface area contributed by atoms with Crippen LogP contribution in [0.2, 0.25) is 5.02 Å². The van der Waals surface area contributed by atoms with Gasteiger partial charge in [0.25, 0.3) is 17.4 Å². The molecule has 4 rings (SSSR count). The van der Waals surface area contributed by atoms with E-state index in [1.807, 2.05) is 0 Å². The Hall–Kier alpha value is -4.11. The molecule has 0 radical (unpaired) electrons. The van der Waals surface area contributed by atoms with Crippen LogP contribution in [0.5, 0.6) is 0 Å². The first-order chi connectivity index (χ1) is 15.3. The summed E-state index contributed by atoms with van der Waals surface area (Å²) in [6.07, 6.45) is 2.90. The first-order valence-electron chi connectivity index (χ1n) is 9.20. The number of hydrogen-bond acceptors (Lipinski definition) is 6. The number of amides is 1. The Morgan fingerprint density at radius 2 is 1.94 bits per heavy atom. The van der Waals surface area contributed by atoms with E-state index in [0.29, 0.717) is 5.56 Å². The predicted molar refractivity (Wildman–Crippen MR) is 114 cm³/mol. The monoisotopic (exact) mass is 453 g/mol. The van der Waals surface area contributed by atoms with Crippen LogP contribution in [0.15, 0.2) is 72.6 Å². The van der Waals surface area contributed by atoms with Crippen LogP contribution in [-0.4, -0.2) is 26.7 Å². The number of aromatic nitrogens is 1. The van der Waals surface area contributed by atoms with Gasteiger partial charge in [-0.1, -0.05) is 29.8 Å². The molecule has 1 aromatic heterocycles. The zero-order valence-electron chi connectivity index (χ0n) is 16.1. The van der Waals surface area contributed by atoms with Crippen molar-refractivity contribution in [1.29, 1.82) is 0 Å². The van der Waals surface area contributed by atoms with Gasteiger partial charge in [0.2, 0.25) is 0 Å². The lowest BCUT2D eigenvalue weighted by atomic mass is 9.96. The molecular weight excluding hydrogens is 441 g/mol. The van der Waals surface area contributed by atoms with Gasteiger partial charge in [0.05, 0.1) is 21.6 Å². The minimum Gasteiger partial charge on any atom is -0.507 e. The van der Waals surface area contributed by atoms with Gasteiger partial charge in [-0.25, -0.2) is 4.39 Å². The number of halogens is 2. The minimum atomic E-state index is -1.12. The summed E-state index contributed by atoms with van der Waals surface area (Å²) in [5.74, 6) is -3.28.